The van der Waals surface area contributed by atoms with Gasteiger partial charge in [0.15, 0.2) is 0 Å². The van der Waals surface area contributed by atoms with E-state index in [1.807, 2.05) is 6.07 Å². The van der Waals surface area contributed by atoms with Crippen LogP contribution in [0.25, 0.3) is 0 Å². The van der Waals surface area contributed by atoms with Crippen LogP contribution in [0.1, 0.15) is 18.9 Å². The minimum absolute atomic E-state index is 0.153. The molecule has 1 rings (SSSR count). The number of nitriles is 1. The number of nitrogens with zero attached hydrogens (tertiary/aromatic N) is 1. The number of nitrogens with one attached hydrogen (secondary N) is 2. The van der Waals surface area contributed by atoms with Gasteiger partial charge < -0.3 is 15.7 Å². The van der Waals surface area contributed by atoms with Gasteiger partial charge in [-0.3, -0.25) is 9.59 Å². The van der Waals surface area contributed by atoms with Gasteiger partial charge in [-0.1, -0.05) is 0 Å². The van der Waals surface area contributed by atoms with Crippen LogP contribution in [0.2, 0.25) is 0 Å². The van der Waals surface area contributed by atoms with Crippen LogP contribution in [0, 0.1) is 11.3 Å². The molecule has 0 bridgehead atoms. The molecule has 96 valence electrons. The van der Waals surface area contributed by atoms with E-state index in [9.17, 15) is 9.59 Å². The third-order valence-electron chi connectivity index (χ3n) is 2.21. The number of rotatable bonds is 6. The van der Waals surface area contributed by atoms with Gasteiger partial charge in [0.1, 0.15) is 17.1 Å². The molecule has 6 nitrogen and oxygen atoms in total. The van der Waals surface area contributed by atoms with Crippen LogP contribution in [0.3, 0.4) is 0 Å². The number of aliphatic carboxylic acids is 1. The molecular weight excluding hydrogens is 254 g/mol. The summed E-state index contributed by atoms with van der Waals surface area (Å²) in [5.74, 6) is -1.21. The number of anilines is 1. The molecule has 0 radical (unpaired) electrons. The first-order valence-corrected chi connectivity index (χ1v) is 6.16. The van der Waals surface area contributed by atoms with Crippen LogP contribution >= 0.6 is 11.3 Å². The number of hydrogen-bond donors (Lipinski definition) is 3. The summed E-state index contributed by atoms with van der Waals surface area (Å²) in [6.07, 6.45) is 0.153. The Morgan fingerprint density at radius 3 is 2.94 bits per heavy atom. The Labute approximate surface area is 108 Å². The van der Waals surface area contributed by atoms with Crippen molar-refractivity contribution in [3.63, 3.8) is 0 Å². The maximum atomic E-state index is 11.5. The van der Waals surface area contributed by atoms with Crippen molar-refractivity contribution >= 4 is 28.2 Å². The van der Waals surface area contributed by atoms with E-state index >= 15 is 0 Å². The predicted molar refractivity (Wildman–Crippen MR) is 67.4 cm³/mol. The van der Waals surface area contributed by atoms with Crippen molar-refractivity contribution in [2.24, 2.45) is 0 Å². The topological polar surface area (TPSA) is 102 Å². The van der Waals surface area contributed by atoms with E-state index in [1.165, 1.54) is 18.3 Å². The Bertz CT molecular complexity index is 478. The highest BCUT2D eigenvalue weighted by Gasteiger charge is 2.11. The Kier molecular flexibility index (Phi) is 5.30. The van der Waals surface area contributed by atoms with Crippen LogP contribution in [0.4, 0.5) is 5.00 Å². The lowest BCUT2D eigenvalue weighted by Crippen LogP contribution is -2.35. The molecule has 0 aromatic carbocycles. The van der Waals surface area contributed by atoms with Gasteiger partial charge in [-0.05, 0) is 18.4 Å². The summed E-state index contributed by atoms with van der Waals surface area (Å²) in [7, 11) is 0. The zero-order chi connectivity index (χ0) is 13.5. The number of amides is 1. The maximum Gasteiger partial charge on any atom is 0.320 e. The molecule has 18 heavy (non-hydrogen) atoms. The van der Waals surface area contributed by atoms with Crippen LogP contribution in [-0.2, 0) is 9.59 Å². The summed E-state index contributed by atoms with van der Waals surface area (Å²) in [6, 6.07) is 2.92. The van der Waals surface area contributed by atoms with Crippen molar-refractivity contribution in [1.82, 2.24) is 5.32 Å². The molecule has 0 aliphatic heterocycles. The molecule has 0 aliphatic rings. The van der Waals surface area contributed by atoms with Crippen molar-refractivity contribution in [1.29, 1.82) is 5.26 Å². The van der Waals surface area contributed by atoms with Gasteiger partial charge in [-0.15, -0.1) is 11.3 Å². The molecule has 1 aromatic rings. The zero-order valence-corrected chi connectivity index (χ0v) is 10.6. The summed E-state index contributed by atoms with van der Waals surface area (Å²) >= 11 is 1.28. The Hall–Kier alpha value is -1.91. The lowest BCUT2D eigenvalue weighted by Gasteiger charge is -2.08. The number of carbonyl (C=O) groups is 2. The monoisotopic (exact) mass is 267 g/mol. The molecule has 0 spiro atoms. The number of hydrogen-bond acceptors (Lipinski definition) is 5. The summed E-state index contributed by atoms with van der Waals surface area (Å²) in [4.78, 5) is 22.0. The first-order valence-electron chi connectivity index (χ1n) is 5.28. The fourth-order valence-corrected chi connectivity index (χ4v) is 1.93. The van der Waals surface area contributed by atoms with Crippen LogP contribution in [0.5, 0.6) is 0 Å². The Morgan fingerprint density at radius 1 is 1.61 bits per heavy atom. The summed E-state index contributed by atoms with van der Waals surface area (Å²) < 4.78 is 0. The van der Waals surface area contributed by atoms with Gasteiger partial charge in [0.25, 0.3) is 0 Å². The highest BCUT2D eigenvalue weighted by Crippen LogP contribution is 2.21. The lowest BCUT2D eigenvalue weighted by molar-refractivity contribution is -0.139. The molecule has 0 fully saturated rings. The predicted octanol–water partition coefficient (Wildman–Crippen LogP) is 1.01. The van der Waals surface area contributed by atoms with Crippen LogP contribution in [0.15, 0.2) is 11.4 Å². The van der Waals surface area contributed by atoms with E-state index in [1.54, 1.807) is 11.4 Å². The van der Waals surface area contributed by atoms with Gasteiger partial charge in [-0.2, -0.15) is 5.26 Å². The van der Waals surface area contributed by atoms with Gasteiger partial charge in [-0.25, -0.2) is 0 Å². The largest absolute Gasteiger partial charge is 0.480 e. The van der Waals surface area contributed by atoms with E-state index in [-0.39, 0.29) is 18.9 Å². The molecule has 0 aliphatic carbocycles. The first kappa shape index (κ1) is 14.2. The van der Waals surface area contributed by atoms with Crippen molar-refractivity contribution in [3.8, 4) is 6.07 Å². The molecule has 0 saturated heterocycles. The third-order valence-corrected chi connectivity index (χ3v) is 3.04. The molecule has 0 saturated carbocycles. The smallest absolute Gasteiger partial charge is 0.320 e. The SMILES string of the molecule is C[C@H](NCCC(=O)Nc1sccc1C#N)C(=O)O. The average Bonchev–Trinajstić information content (AvgIpc) is 2.75. The lowest BCUT2D eigenvalue weighted by atomic mass is 10.3. The summed E-state index contributed by atoms with van der Waals surface area (Å²) in [6.45, 7) is 1.78. The highest BCUT2D eigenvalue weighted by molar-refractivity contribution is 7.14. The fourth-order valence-electron chi connectivity index (χ4n) is 1.17. The molecule has 1 amide bonds. The Balaban J connectivity index is 2.35. The molecule has 3 N–H and O–H groups in total. The van der Waals surface area contributed by atoms with Gasteiger partial charge >= 0.3 is 5.97 Å². The number of carboxylic acids is 1. The van der Waals surface area contributed by atoms with E-state index in [2.05, 4.69) is 10.6 Å². The minimum atomic E-state index is -0.958. The first-order chi connectivity index (χ1) is 8.54. The summed E-state index contributed by atoms with van der Waals surface area (Å²) in [5.41, 5.74) is 0.431. The number of carboxylic acid groups (broad SMARTS) is 1. The van der Waals surface area contributed by atoms with Crippen LogP contribution in [-0.4, -0.2) is 29.6 Å². The highest BCUT2D eigenvalue weighted by atomic mass is 32.1. The van der Waals surface area contributed by atoms with E-state index in [0.717, 1.165) is 0 Å². The minimum Gasteiger partial charge on any atom is -0.480 e. The molecule has 7 heteroatoms. The van der Waals surface area contributed by atoms with Crippen molar-refractivity contribution < 1.29 is 14.7 Å². The van der Waals surface area contributed by atoms with Crippen molar-refractivity contribution in [2.75, 3.05) is 11.9 Å². The molecular formula is C11H13N3O3S. The van der Waals surface area contributed by atoms with Crippen LogP contribution < -0.4 is 10.6 Å². The van der Waals surface area contributed by atoms with E-state index in [0.29, 0.717) is 10.6 Å². The second-order valence-electron chi connectivity index (χ2n) is 3.59. The van der Waals surface area contributed by atoms with E-state index < -0.39 is 12.0 Å². The number of carbonyl (C=O) groups excluding carboxylic acids is 1. The number of thiophene rings is 1. The summed E-state index contributed by atoms with van der Waals surface area (Å²) in [5, 5.41) is 24.9. The second kappa shape index (κ2) is 6.74. The third kappa shape index (κ3) is 4.16. The molecule has 1 heterocycles. The van der Waals surface area contributed by atoms with E-state index in [4.69, 9.17) is 10.4 Å². The normalized spacial score (nSPS) is 11.6. The zero-order valence-electron chi connectivity index (χ0n) is 9.77. The van der Waals surface area contributed by atoms with Crippen molar-refractivity contribution in [2.45, 2.75) is 19.4 Å². The molecule has 1 aromatic heterocycles. The fraction of sp³-hybridized carbons (Fsp3) is 0.364. The molecule has 1 atom stereocenters. The maximum absolute atomic E-state index is 11.5. The van der Waals surface area contributed by atoms with Gasteiger partial charge in [0.05, 0.1) is 5.56 Å². The van der Waals surface area contributed by atoms with Crippen molar-refractivity contribution in [3.05, 3.63) is 17.0 Å². The standard InChI is InChI=1S/C11H13N3O3S/c1-7(11(16)17)13-4-2-9(15)14-10-8(6-12)3-5-18-10/h3,5,7,13H,2,4H2,1H3,(H,14,15)(H,16,17)/t7-/m0/s1. The second-order valence-corrected chi connectivity index (χ2v) is 4.50. The van der Waals surface area contributed by atoms with Gasteiger partial charge in [0.2, 0.25) is 5.91 Å². The van der Waals surface area contributed by atoms with Gasteiger partial charge in [0, 0.05) is 13.0 Å². The Morgan fingerprint density at radius 2 is 2.33 bits per heavy atom. The average molecular weight is 267 g/mol. The molecule has 0 unspecified atom stereocenters. The quantitative estimate of drug-likeness (QED) is 0.714.